The van der Waals surface area contributed by atoms with Crippen molar-refractivity contribution in [2.24, 2.45) is 5.41 Å². The van der Waals surface area contributed by atoms with E-state index in [4.69, 9.17) is 4.74 Å². The maximum Gasteiger partial charge on any atom is 0.333 e. The predicted molar refractivity (Wildman–Crippen MR) is 137 cm³/mol. The molecule has 1 aliphatic rings. The number of carbonyl (C=O) groups is 1. The molecule has 1 aliphatic heterocycles. The van der Waals surface area contributed by atoms with Gasteiger partial charge in [0.1, 0.15) is 9.84 Å². The molecule has 3 aromatic rings. The van der Waals surface area contributed by atoms with E-state index < -0.39 is 9.84 Å². The zero-order chi connectivity index (χ0) is 25.5. The lowest BCUT2D eigenvalue weighted by atomic mass is 9.78. The van der Waals surface area contributed by atoms with Gasteiger partial charge in [-0.3, -0.25) is 13.9 Å². The highest BCUT2D eigenvalue weighted by molar-refractivity contribution is 7.91. The van der Waals surface area contributed by atoms with Gasteiger partial charge >= 0.3 is 5.69 Å². The van der Waals surface area contributed by atoms with E-state index in [0.29, 0.717) is 47.6 Å². The lowest BCUT2D eigenvalue weighted by molar-refractivity contribution is 0.0911. The van der Waals surface area contributed by atoms with Gasteiger partial charge in [-0.2, -0.15) is 0 Å². The van der Waals surface area contributed by atoms with Gasteiger partial charge in [0.05, 0.1) is 34.8 Å². The number of sulfone groups is 1. The first-order valence-electron chi connectivity index (χ1n) is 12.0. The molecule has 2 aromatic heterocycles. The quantitative estimate of drug-likeness (QED) is 0.450. The van der Waals surface area contributed by atoms with Crippen LogP contribution in [0, 0.1) is 12.3 Å². The molecule has 1 fully saturated rings. The Bertz CT molecular complexity index is 1440. The molecule has 0 amide bonds. The number of hydrogen-bond acceptors (Lipinski definition) is 6. The highest BCUT2D eigenvalue weighted by Crippen LogP contribution is 2.37. The van der Waals surface area contributed by atoms with E-state index in [1.165, 1.54) is 0 Å². The highest BCUT2D eigenvalue weighted by Gasteiger charge is 2.35. The molecule has 1 aromatic carbocycles. The number of ketones is 1. The maximum atomic E-state index is 13.6. The minimum atomic E-state index is -3.00. The number of fused-ring (bicyclic) bond motifs is 1. The Morgan fingerprint density at radius 2 is 1.86 bits per heavy atom. The van der Waals surface area contributed by atoms with Gasteiger partial charge in [-0.15, -0.1) is 0 Å². The second kappa shape index (κ2) is 9.26. The van der Waals surface area contributed by atoms with Crippen LogP contribution in [0.1, 0.15) is 68.9 Å². The fourth-order valence-corrected chi connectivity index (χ4v) is 6.60. The van der Waals surface area contributed by atoms with Crippen LogP contribution in [0.15, 0.2) is 35.3 Å². The average molecular weight is 500 g/mol. The van der Waals surface area contributed by atoms with Crippen LogP contribution in [0.5, 0.6) is 5.88 Å². The van der Waals surface area contributed by atoms with Crippen LogP contribution < -0.4 is 10.4 Å². The number of ether oxygens (including phenoxy) is 1. The summed E-state index contributed by atoms with van der Waals surface area (Å²) >= 11 is 0. The summed E-state index contributed by atoms with van der Waals surface area (Å²) in [6.45, 7) is 10.1. The van der Waals surface area contributed by atoms with Gasteiger partial charge in [0.2, 0.25) is 5.88 Å². The fourth-order valence-electron chi connectivity index (χ4n) is 4.78. The summed E-state index contributed by atoms with van der Waals surface area (Å²) in [6, 6.07) is 7.01. The van der Waals surface area contributed by atoms with Crippen molar-refractivity contribution in [2.75, 3.05) is 18.1 Å². The van der Waals surface area contributed by atoms with E-state index in [1.807, 2.05) is 40.7 Å². The zero-order valence-corrected chi connectivity index (χ0v) is 21.8. The van der Waals surface area contributed by atoms with E-state index in [-0.39, 0.29) is 40.9 Å². The van der Waals surface area contributed by atoms with Crippen molar-refractivity contribution in [1.29, 1.82) is 0 Å². The topological polar surface area (TPSA) is 100 Å². The second-order valence-corrected chi connectivity index (χ2v) is 12.4. The van der Waals surface area contributed by atoms with Crippen LogP contribution in [-0.2, 0) is 9.84 Å². The third-order valence-electron chi connectivity index (χ3n) is 6.91. The standard InChI is InChI=1S/C26H33N3O5S/c1-6-34-24-14-21(18(4)16-27-24)29-20-8-7-19(13-22(20)28(17(2)3)25(29)31)23(30)15-26(5)9-11-35(32,33)12-10-26/h7-8,13-14,16-17H,6,9-12,15H2,1-5H3. The molecule has 3 heterocycles. The summed E-state index contributed by atoms with van der Waals surface area (Å²) in [5, 5.41) is 0. The lowest BCUT2D eigenvalue weighted by Gasteiger charge is -2.32. The first-order chi connectivity index (χ1) is 16.4. The second-order valence-electron chi connectivity index (χ2n) is 10.1. The normalized spacial score (nSPS) is 17.1. The Morgan fingerprint density at radius 3 is 2.49 bits per heavy atom. The van der Waals surface area contributed by atoms with Crippen molar-refractivity contribution >= 4 is 26.7 Å². The maximum absolute atomic E-state index is 13.6. The van der Waals surface area contributed by atoms with Gasteiger partial charge in [0, 0.05) is 30.3 Å². The third kappa shape index (κ3) is 4.91. The number of pyridine rings is 1. The van der Waals surface area contributed by atoms with E-state index >= 15 is 0 Å². The van der Waals surface area contributed by atoms with Crippen molar-refractivity contribution < 1.29 is 17.9 Å². The van der Waals surface area contributed by atoms with Crippen molar-refractivity contribution in [1.82, 2.24) is 14.1 Å². The summed E-state index contributed by atoms with van der Waals surface area (Å²) in [5.41, 5.74) is 2.89. The lowest BCUT2D eigenvalue weighted by Crippen LogP contribution is -2.33. The van der Waals surface area contributed by atoms with Gasteiger partial charge < -0.3 is 4.74 Å². The molecule has 188 valence electrons. The molecule has 0 aliphatic carbocycles. The number of rotatable bonds is 7. The van der Waals surface area contributed by atoms with Gasteiger partial charge in [0.25, 0.3) is 0 Å². The number of hydrogen-bond donors (Lipinski definition) is 0. The smallest absolute Gasteiger partial charge is 0.333 e. The monoisotopic (exact) mass is 499 g/mol. The predicted octanol–water partition coefficient (Wildman–Crippen LogP) is 4.26. The van der Waals surface area contributed by atoms with Gasteiger partial charge in [-0.25, -0.2) is 18.2 Å². The van der Waals surface area contributed by atoms with Crippen molar-refractivity contribution in [2.45, 2.75) is 59.9 Å². The molecular weight excluding hydrogens is 466 g/mol. The number of aromatic nitrogens is 3. The fraction of sp³-hybridized carbons (Fsp3) is 0.500. The van der Waals surface area contributed by atoms with Crippen LogP contribution in [0.4, 0.5) is 0 Å². The van der Waals surface area contributed by atoms with Crippen molar-refractivity contribution in [3.63, 3.8) is 0 Å². The van der Waals surface area contributed by atoms with Crippen LogP contribution in [0.25, 0.3) is 16.7 Å². The Balaban J connectivity index is 1.77. The minimum absolute atomic E-state index is 0.0390. The van der Waals surface area contributed by atoms with Gasteiger partial charge in [0.15, 0.2) is 5.78 Å². The molecule has 0 unspecified atom stereocenters. The Morgan fingerprint density at radius 1 is 1.17 bits per heavy atom. The average Bonchev–Trinajstić information content (AvgIpc) is 3.08. The largest absolute Gasteiger partial charge is 0.478 e. The summed E-state index contributed by atoms with van der Waals surface area (Å²) in [7, 11) is -3.00. The van der Waals surface area contributed by atoms with Gasteiger partial charge in [-0.05, 0) is 69.7 Å². The van der Waals surface area contributed by atoms with E-state index in [9.17, 15) is 18.0 Å². The van der Waals surface area contributed by atoms with Crippen LogP contribution in [-0.4, -0.2) is 46.4 Å². The van der Waals surface area contributed by atoms with E-state index in [1.54, 1.807) is 33.5 Å². The number of benzene rings is 1. The molecule has 4 rings (SSSR count). The van der Waals surface area contributed by atoms with Crippen LogP contribution >= 0.6 is 0 Å². The third-order valence-corrected chi connectivity index (χ3v) is 8.57. The number of aryl methyl sites for hydroxylation is 1. The Hall–Kier alpha value is -2.94. The molecule has 0 saturated carbocycles. The first kappa shape index (κ1) is 25.2. The first-order valence-corrected chi connectivity index (χ1v) is 13.9. The SMILES string of the molecule is CCOc1cc(-n2c(=O)n(C(C)C)c3cc(C(=O)CC4(C)CCS(=O)(=O)CC4)ccc32)c(C)cn1. The molecule has 35 heavy (non-hydrogen) atoms. The molecule has 0 bridgehead atoms. The zero-order valence-electron chi connectivity index (χ0n) is 21.0. The summed E-state index contributed by atoms with van der Waals surface area (Å²) in [6.07, 6.45) is 2.94. The molecular formula is C26H33N3O5S. The van der Waals surface area contributed by atoms with E-state index in [2.05, 4.69) is 4.98 Å². The Labute approximate surface area is 205 Å². The molecule has 0 spiro atoms. The summed E-state index contributed by atoms with van der Waals surface area (Å²) in [4.78, 5) is 31.1. The van der Waals surface area contributed by atoms with Gasteiger partial charge in [-0.1, -0.05) is 6.92 Å². The molecule has 1 saturated heterocycles. The molecule has 0 radical (unpaired) electrons. The number of Topliss-reactive ketones (excluding diaryl/α,β-unsaturated/α-hetero) is 1. The molecule has 0 N–H and O–H groups in total. The van der Waals surface area contributed by atoms with E-state index in [0.717, 1.165) is 5.56 Å². The van der Waals surface area contributed by atoms with Crippen LogP contribution in [0.2, 0.25) is 0 Å². The highest BCUT2D eigenvalue weighted by atomic mass is 32.2. The minimum Gasteiger partial charge on any atom is -0.478 e. The summed E-state index contributed by atoms with van der Waals surface area (Å²) in [5.74, 6) is 0.657. The molecule has 0 atom stereocenters. The van der Waals surface area contributed by atoms with Crippen LogP contribution in [0.3, 0.4) is 0 Å². The number of imidazole rings is 1. The Kier molecular flexibility index (Phi) is 6.66. The molecule has 8 nitrogen and oxygen atoms in total. The van der Waals surface area contributed by atoms with Crippen molar-refractivity contribution in [3.05, 3.63) is 52.1 Å². The van der Waals surface area contributed by atoms with Crippen molar-refractivity contribution in [3.8, 4) is 11.6 Å². The number of carbonyl (C=O) groups excluding carboxylic acids is 1. The number of nitrogens with zero attached hydrogens (tertiary/aromatic N) is 3. The summed E-state index contributed by atoms with van der Waals surface area (Å²) < 4.78 is 32.6. The molecule has 9 heteroatoms.